The number of amides is 4. The summed E-state index contributed by atoms with van der Waals surface area (Å²) in [5, 5.41) is 19.7. The molecule has 4 N–H and O–H groups in total. The van der Waals surface area contributed by atoms with Gasteiger partial charge in [0.1, 0.15) is 12.8 Å². The molecule has 3 saturated carbocycles. The second kappa shape index (κ2) is 33.6. The van der Waals surface area contributed by atoms with Crippen molar-refractivity contribution in [3.05, 3.63) is 31.5 Å². The van der Waals surface area contributed by atoms with Crippen LogP contribution in [0.2, 0.25) is 0 Å². The molecule has 28 heteroatoms. The molecule has 1 aromatic rings. The number of isocyanates is 2. The molecule has 1 heterocycles. The molecule has 6 atom stereocenters. The second-order valence-electron chi connectivity index (χ2n) is 26.8. The fourth-order valence-corrected chi connectivity index (χ4v) is 13.2. The monoisotopic (exact) mass is 1230 g/mol. The quantitative estimate of drug-likeness (QED) is 0.0156. The van der Waals surface area contributed by atoms with Crippen LogP contribution in [0, 0.1) is 44.0 Å². The molecule has 0 aliphatic heterocycles. The highest BCUT2D eigenvalue weighted by atomic mass is 16.6. The van der Waals surface area contributed by atoms with Gasteiger partial charge < -0.3 is 54.4 Å². The summed E-state index contributed by atoms with van der Waals surface area (Å²) in [6.07, 6.45) is 9.16. The van der Waals surface area contributed by atoms with Crippen molar-refractivity contribution in [3.8, 4) is 6.26 Å². The highest BCUT2D eigenvalue weighted by Gasteiger charge is 2.44. The Balaban J connectivity index is 1.25. The number of alkyl carbamates (subject to hydrolysis) is 4. The molecule has 4 rings (SSSR count). The summed E-state index contributed by atoms with van der Waals surface area (Å²) >= 11 is 0. The summed E-state index contributed by atoms with van der Waals surface area (Å²) < 4.78 is 38.6. The first-order valence-corrected chi connectivity index (χ1v) is 30.0. The molecule has 0 aromatic carbocycles. The van der Waals surface area contributed by atoms with Crippen molar-refractivity contribution in [3.63, 3.8) is 0 Å². The lowest BCUT2D eigenvalue weighted by molar-refractivity contribution is -0.144. The maximum atomic E-state index is 13.7. The number of carbonyl (C=O) groups is 6. The Morgan fingerprint density at radius 1 is 0.471 bits per heavy atom. The highest BCUT2D eigenvalue weighted by Crippen LogP contribution is 2.49. The van der Waals surface area contributed by atoms with Gasteiger partial charge in [-0.1, -0.05) is 62.3 Å². The molecule has 4 amide bonds. The minimum atomic E-state index is -1.18. The molecule has 0 bridgehead atoms. The first kappa shape index (κ1) is 72.0. The SMILES string of the molecule is CC1(C)CC(N=C=O)CC(C)(CNC(=O)OCCCCOC(=O)CCn2c(=O)n(CCC(=O)OCCCCOC(=O)NCC3(C)CC(OC#N)CC(C)(C)C3)c(=O)n(CNC(=O)OCCCCOC(=O)NCC3(C)CC(N=C=O)CC(C)(C)C3)c2=O)C1. The van der Waals surface area contributed by atoms with Crippen LogP contribution < -0.4 is 38.3 Å². The standard InChI is InChI=1S/C59H92N10O18/c1-54(2)26-42(65-40-70)28-57(7,32-54)35-61-47(74)83-22-12-10-20-81-45(72)16-18-67-51(78)68(19-17-46(73)82-21-11-13-23-84-49(76)63-37-59(9)31-44(87-38-60)30-56(5,6)34-59)53(80)69(52(67)79)39-64-50(77)86-25-15-14-24-85-48(75)62-36-58(8)29-43(66-41-71)27-55(3,4)33-58/h42-44H,10-37,39H2,1-9H3,(H,61,74)(H,62,75)(H,63,76)(H,64,77). The zero-order valence-corrected chi connectivity index (χ0v) is 52.3. The number of hydrogen-bond donors (Lipinski definition) is 4. The van der Waals surface area contributed by atoms with Crippen LogP contribution in [0.1, 0.15) is 171 Å². The molecule has 0 saturated heterocycles. The average Bonchev–Trinajstić information content (AvgIpc) is 1.90. The molecule has 3 aliphatic rings. The van der Waals surface area contributed by atoms with Gasteiger partial charge in [-0.05, 0) is 129 Å². The van der Waals surface area contributed by atoms with Crippen LogP contribution in [0.15, 0.2) is 24.4 Å². The molecule has 1 aromatic heterocycles. The minimum Gasteiger partial charge on any atom is -0.466 e. The van der Waals surface area contributed by atoms with E-state index in [1.54, 1.807) is 18.4 Å². The van der Waals surface area contributed by atoms with Crippen LogP contribution in [0.5, 0.6) is 0 Å². The van der Waals surface area contributed by atoms with E-state index in [1.807, 2.05) is 20.8 Å². The van der Waals surface area contributed by atoms with Gasteiger partial charge in [-0.15, -0.1) is 0 Å². The number of ether oxygens (including phenoxy) is 7. The maximum Gasteiger partial charge on any atom is 0.408 e. The Hall–Kier alpha value is -7.52. The van der Waals surface area contributed by atoms with Crippen molar-refractivity contribution in [1.82, 2.24) is 35.0 Å². The van der Waals surface area contributed by atoms with E-state index in [-0.39, 0.29) is 96.7 Å². The van der Waals surface area contributed by atoms with Gasteiger partial charge in [0.2, 0.25) is 12.2 Å². The van der Waals surface area contributed by atoms with Crippen molar-refractivity contribution >= 4 is 48.5 Å². The highest BCUT2D eigenvalue weighted by molar-refractivity contribution is 5.70. The molecule has 0 spiro atoms. The van der Waals surface area contributed by atoms with Crippen molar-refractivity contribution in [2.24, 2.45) is 42.5 Å². The number of aromatic nitrogens is 3. The van der Waals surface area contributed by atoms with Crippen LogP contribution >= 0.6 is 0 Å². The predicted molar refractivity (Wildman–Crippen MR) is 312 cm³/mol. The lowest BCUT2D eigenvalue weighted by Gasteiger charge is -2.45. The van der Waals surface area contributed by atoms with Crippen LogP contribution in [0.4, 0.5) is 19.2 Å². The molecule has 87 heavy (non-hydrogen) atoms. The number of unbranched alkanes of at least 4 members (excludes halogenated alkanes) is 3. The smallest absolute Gasteiger partial charge is 0.408 e. The van der Waals surface area contributed by atoms with E-state index in [0.717, 1.165) is 38.5 Å². The zero-order valence-electron chi connectivity index (χ0n) is 52.3. The first-order valence-electron chi connectivity index (χ1n) is 30.0. The topological polar surface area (TPSA) is 364 Å². The number of nitriles is 1. The number of aliphatic imine (C=N–C) groups is 2. The number of rotatable bonds is 32. The molecule has 3 fully saturated rings. The van der Waals surface area contributed by atoms with Crippen LogP contribution in [-0.2, 0) is 72.1 Å². The molecule has 3 aliphatic carbocycles. The predicted octanol–water partition coefficient (Wildman–Crippen LogP) is 6.17. The van der Waals surface area contributed by atoms with Crippen molar-refractivity contribution in [2.45, 2.75) is 209 Å². The van der Waals surface area contributed by atoms with E-state index >= 15 is 0 Å². The van der Waals surface area contributed by atoms with Gasteiger partial charge in [0, 0.05) is 32.7 Å². The summed E-state index contributed by atoms with van der Waals surface area (Å²) in [5.41, 5.74) is -4.75. The van der Waals surface area contributed by atoms with Gasteiger partial charge in [0.15, 0.2) is 0 Å². The summed E-state index contributed by atoms with van der Waals surface area (Å²) in [7, 11) is 0. The van der Waals surface area contributed by atoms with Crippen molar-refractivity contribution in [2.75, 3.05) is 59.3 Å². The van der Waals surface area contributed by atoms with Gasteiger partial charge in [-0.3, -0.25) is 9.59 Å². The molecular formula is C59H92N10O18. The molecule has 486 valence electrons. The van der Waals surface area contributed by atoms with E-state index in [0.29, 0.717) is 84.7 Å². The van der Waals surface area contributed by atoms with E-state index < -0.39 is 86.0 Å². The molecule has 28 nitrogen and oxygen atoms in total. The normalized spacial score (nSPS) is 23.3. The summed E-state index contributed by atoms with van der Waals surface area (Å²) in [5.74, 6) is -1.60. The third kappa shape index (κ3) is 25.8. The van der Waals surface area contributed by atoms with Gasteiger partial charge >= 0.3 is 53.4 Å². The Labute approximate surface area is 507 Å². The number of nitrogens with zero attached hydrogens (tertiary/aromatic N) is 6. The van der Waals surface area contributed by atoms with Crippen LogP contribution in [-0.4, -0.2) is 140 Å². The van der Waals surface area contributed by atoms with E-state index in [2.05, 4.69) is 72.8 Å². The average molecular weight is 1230 g/mol. The second-order valence-corrected chi connectivity index (χ2v) is 26.8. The molecular weight excluding hydrogens is 1140 g/mol. The number of hydrogen-bond acceptors (Lipinski definition) is 21. The van der Waals surface area contributed by atoms with Crippen LogP contribution in [0.3, 0.4) is 0 Å². The van der Waals surface area contributed by atoms with E-state index in [9.17, 15) is 52.7 Å². The van der Waals surface area contributed by atoms with E-state index in [1.165, 1.54) is 0 Å². The van der Waals surface area contributed by atoms with Gasteiger partial charge in [-0.2, -0.15) is 5.26 Å². The number of nitrogens with one attached hydrogen (secondary N) is 4. The van der Waals surface area contributed by atoms with Crippen molar-refractivity contribution in [1.29, 1.82) is 5.26 Å². The third-order valence-corrected chi connectivity index (χ3v) is 15.8. The van der Waals surface area contributed by atoms with Gasteiger partial charge in [-0.25, -0.2) is 66.8 Å². The Morgan fingerprint density at radius 2 is 0.793 bits per heavy atom. The minimum absolute atomic E-state index is 0.00503. The Morgan fingerprint density at radius 3 is 1.15 bits per heavy atom. The van der Waals surface area contributed by atoms with Gasteiger partial charge in [0.25, 0.3) is 6.26 Å². The summed E-state index contributed by atoms with van der Waals surface area (Å²) in [4.78, 5) is 147. The molecule has 6 unspecified atom stereocenters. The zero-order chi connectivity index (χ0) is 64.5. The maximum absolute atomic E-state index is 13.7. The number of carbonyl (C=O) groups excluding carboxylic acids is 8. The first-order chi connectivity index (χ1) is 40.9. The lowest BCUT2D eigenvalue weighted by atomic mass is 9.62. The molecule has 0 radical (unpaired) electrons. The van der Waals surface area contributed by atoms with Gasteiger partial charge in [0.05, 0.1) is 64.6 Å². The third-order valence-electron chi connectivity index (χ3n) is 15.8. The van der Waals surface area contributed by atoms with Crippen molar-refractivity contribution < 1.29 is 71.5 Å². The fraction of sp³-hybridized carbons (Fsp3) is 0.797. The summed E-state index contributed by atoms with van der Waals surface area (Å²) in [6, 6.07) is -0.381. The van der Waals surface area contributed by atoms with E-state index in [4.69, 9.17) is 38.4 Å². The van der Waals surface area contributed by atoms with Crippen LogP contribution in [0.25, 0.3) is 0 Å². The number of esters is 2. The Kier molecular flexibility index (Phi) is 27.8. The largest absolute Gasteiger partial charge is 0.466 e. The summed E-state index contributed by atoms with van der Waals surface area (Å²) in [6.45, 7) is 17.4. The fourth-order valence-electron chi connectivity index (χ4n) is 13.2. The Bertz CT molecular complexity index is 2710. The lowest BCUT2D eigenvalue weighted by Crippen LogP contribution is -2.56.